The summed E-state index contributed by atoms with van der Waals surface area (Å²) in [5.74, 6) is -0.705. The molecule has 0 spiro atoms. The molecule has 1 saturated heterocycles. The Kier molecular flexibility index (Phi) is 5.20. The minimum absolute atomic E-state index is 0.0113. The number of nitrogens with one attached hydrogen (secondary N) is 1. The van der Waals surface area contributed by atoms with Crippen molar-refractivity contribution >= 4 is 32.9 Å². The second-order valence-electron chi connectivity index (χ2n) is 6.62. The van der Waals surface area contributed by atoms with E-state index >= 15 is 0 Å². The van der Waals surface area contributed by atoms with Crippen molar-refractivity contribution in [1.82, 2.24) is 19.5 Å². The molecule has 2 unspecified atom stereocenters. The van der Waals surface area contributed by atoms with E-state index in [9.17, 15) is 18.0 Å². The minimum Gasteiger partial charge on any atom is -0.441 e. The molecule has 27 heavy (non-hydrogen) atoms. The summed E-state index contributed by atoms with van der Waals surface area (Å²) >= 11 is 0. The molecule has 1 aromatic carbocycles. The van der Waals surface area contributed by atoms with Crippen molar-refractivity contribution in [3.8, 4) is 0 Å². The van der Waals surface area contributed by atoms with Crippen LogP contribution in [-0.2, 0) is 26.0 Å². The standard InChI is InChI=1S/C17H22N4O5S/c1-11(17(23)20(2)3)27(24,25)21-9-8-18-16(22)13(21)10-15-19-12-6-4-5-7-14(12)26-15/h4-7,11,13H,8-10H2,1-3H3,(H,18,22). The van der Waals surface area contributed by atoms with Crippen LogP contribution >= 0.6 is 0 Å². The molecule has 9 nitrogen and oxygen atoms in total. The van der Waals surface area contributed by atoms with Crippen molar-refractivity contribution in [2.24, 2.45) is 0 Å². The number of nitrogens with zero attached hydrogens (tertiary/aromatic N) is 3. The van der Waals surface area contributed by atoms with Crippen LogP contribution in [0.25, 0.3) is 11.1 Å². The number of carbonyl (C=O) groups excluding carboxylic acids is 2. The highest BCUT2D eigenvalue weighted by Gasteiger charge is 2.43. The lowest BCUT2D eigenvalue weighted by molar-refractivity contribution is -0.129. The fourth-order valence-corrected chi connectivity index (χ4v) is 4.80. The van der Waals surface area contributed by atoms with Gasteiger partial charge in [0.05, 0.1) is 0 Å². The van der Waals surface area contributed by atoms with E-state index in [1.807, 2.05) is 6.07 Å². The smallest absolute Gasteiger partial charge is 0.241 e. The average molecular weight is 394 g/mol. The van der Waals surface area contributed by atoms with E-state index in [0.717, 1.165) is 4.31 Å². The number of hydrogen-bond acceptors (Lipinski definition) is 6. The van der Waals surface area contributed by atoms with Gasteiger partial charge < -0.3 is 14.6 Å². The fourth-order valence-electron chi connectivity index (χ4n) is 3.06. The Balaban J connectivity index is 1.91. The zero-order valence-electron chi connectivity index (χ0n) is 15.4. The van der Waals surface area contributed by atoms with Gasteiger partial charge in [0, 0.05) is 33.6 Å². The van der Waals surface area contributed by atoms with Crippen LogP contribution < -0.4 is 5.32 Å². The lowest BCUT2D eigenvalue weighted by atomic mass is 10.1. The third-order valence-corrected chi connectivity index (χ3v) is 6.74. The van der Waals surface area contributed by atoms with Crippen LogP contribution in [0.3, 0.4) is 0 Å². The Morgan fingerprint density at radius 2 is 2.11 bits per heavy atom. The molecule has 1 N–H and O–H groups in total. The summed E-state index contributed by atoms with van der Waals surface area (Å²) in [5.41, 5.74) is 1.20. The molecule has 10 heteroatoms. The van der Waals surface area contributed by atoms with Crippen molar-refractivity contribution in [2.75, 3.05) is 27.2 Å². The average Bonchev–Trinajstić information content (AvgIpc) is 3.04. The first-order chi connectivity index (χ1) is 12.7. The summed E-state index contributed by atoms with van der Waals surface area (Å²) in [7, 11) is -1.04. The largest absolute Gasteiger partial charge is 0.441 e. The number of sulfonamides is 1. The summed E-state index contributed by atoms with van der Waals surface area (Å²) in [6.45, 7) is 1.61. The van der Waals surface area contributed by atoms with Gasteiger partial charge in [0.2, 0.25) is 21.8 Å². The van der Waals surface area contributed by atoms with Crippen LogP contribution in [0.1, 0.15) is 12.8 Å². The van der Waals surface area contributed by atoms with E-state index in [4.69, 9.17) is 4.42 Å². The molecule has 0 aliphatic carbocycles. The van der Waals surface area contributed by atoms with Crippen molar-refractivity contribution in [3.05, 3.63) is 30.2 Å². The highest BCUT2D eigenvalue weighted by Crippen LogP contribution is 2.22. The maximum absolute atomic E-state index is 13.0. The van der Waals surface area contributed by atoms with Gasteiger partial charge >= 0.3 is 0 Å². The number of rotatable bonds is 5. The molecule has 1 aliphatic heterocycles. The van der Waals surface area contributed by atoms with Crippen LogP contribution in [0.4, 0.5) is 0 Å². The first-order valence-corrected chi connectivity index (χ1v) is 10.1. The van der Waals surface area contributed by atoms with Crippen LogP contribution in [0.5, 0.6) is 0 Å². The molecule has 2 aromatic rings. The van der Waals surface area contributed by atoms with Gasteiger partial charge in [-0.05, 0) is 19.1 Å². The number of carbonyl (C=O) groups is 2. The number of hydrogen-bond donors (Lipinski definition) is 1. The molecule has 0 bridgehead atoms. The van der Waals surface area contributed by atoms with Gasteiger partial charge in [0.1, 0.15) is 11.6 Å². The first kappa shape index (κ1) is 19.3. The van der Waals surface area contributed by atoms with E-state index in [2.05, 4.69) is 10.3 Å². The van der Waals surface area contributed by atoms with Gasteiger partial charge in [-0.2, -0.15) is 4.31 Å². The Labute approximate surface area is 157 Å². The topological polar surface area (TPSA) is 113 Å². The van der Waals surface area contributed by atoms with Gasteiger partial charge in [-0.3, -0.25) is 9.59 Å². The normalized spacial score (nSPS) is 19.7. The molecule has 0 radical (unpaired) electrons. The molecule has 2 amide bonds. The summed E-state index contributed by atoms with van der Waals surface area (Å²) < 4.78 is 32.7. The SMILES string of the molecule is CC(C(=O)N(C)C)S(=O)(=O)N1CCNC(=O)C1Cc1nc2ccccc2o1. The van der Waals surface area contributed by atoms with Gasteiger partial charge in [-0.25, -0.2) is 13.4 Å². The van der Waals surface area contributed by atoms with E-state index < -0.39 is 33.1 Å². The monoisotopic (exact) mass is 394 g/mol. The van der Waals surface area contributed by atoms with Crippen molar-refractivity contribution in [1.29, 1.82) is 0 Å². The Hall–Kier alpha value is -2.46. The van der Waals surface area contributed by atoms with Crippen LogP contribution in [0, 0.1) is 0 Å². The number of benzene rings is 1. The summed E-state index contributed by atoms with van der Waals surface area (Å²) in [6, 6.07) is 6.12. The quantitative estimate of drug-likeness (QED) is 0.762. The number of amides is 2. The highest BCUT2D eigenvalue weighted by atomic mass is 32.2. The highest BCUT2D eigenvalue weighted by molar-refractivity contribution is 7.90. The van der Waals surface area contributed by atoms with E-state index in [1.165, 1.54) is 25.9 Å². The van der Waals surface area contributed by atoms with Crippen LogP contribution in [0.2, 0.25) is 0 Å². The number of fused-ring (bicyclic) bond motifs is 1. The zero-order valence-corrected chi connectivity index (χ0v) is 16.2. The van der Waals surface area contributed by atoms with E-state index in [-0.39, 0.29) is 25.4 Å². The second kappa shape index (κ2) is 7.28. The van der Waals surface area contributed by atoms with Crippen molar-refractivity contribution in [2.45, 2.75) is 24.6 Å². The van der Waals surface area contributed by atoms with Gasteiger partial charge in [0.15, 0.2) is 16.7 Å². The lowest BCUT2D eigenvalue weighted by Gasteiger charge is -2.35. The summed E-state index contributed by atoms with van der Waals surface area (Å²) in [5, 5.41) is 1.38. The molecule has 1 aliphatic rings. The molecule has 1 aromatic heterocycles. The van der Waals surface area contributed by atoms with Gasteiger partial charge in [0.25, 0.3) is 0 Å². The Morgan fingerprint density at radius 3 is 2.78 bits per heavy atom. The van der Waals surface area contributed by atoms with Crippen LogP contribution in [0.15, 0.2) is 28.7 Å². The molecule has 0 saturated carbocycles. The number of para-hydroxylation sites is 2. The number of piperazine rings is 1. The zero-order chi connectivity index (χ0) is 19.8. The predicted molar refractivity (Wildman–Crippen MR) is 98.3 cm³/mol. The molecular weight excluding hydrogens is 372 g/mol. The van der Waals surface area contributed by atoms with Crippen LogP contribution in [-0.4, -0.2) is 72.9 Å². The first-order valence-electron chi connectivity index (χ1n) is 8.56. The maximum atomic E-state index is 13.0. The second-order valence-corrected chi connectivity index (χ2v) is 8.82. The molecule has 1 fully saturated rings. The van der Waals surface area contributed by atoms with Crippen molar-refractivity contribution in [3.63, 3.8) is 0 Å². The maximum Gasteiger partial charge on any atom is 0.241 e. The minimum atomic E-state index is -4.03. The number of oxazole rings is 1. The van der Waals surface area contributed by atoms with Crippen molar-refractivity contribution < 1.29 is 22.4 Å². The lowest BCUT2D eigenvalue weighted by Crippen LogP contribution is -2.60. The molecule has 2 heterocycles. The Bertz CT molecular complexity index is 936. The summed E-state index contributed by atoms with van der Waals surface area (Å²) in [4.78, 5) is 30.1. The third-order valence-electron chi connectivity index (χ3n) is 4.55. The molecule has 3 rings (SSSR count). The predicted octanol–water partition coefficient (Wildman–Crippen LogP) is -0.0228. The van der Waals surface area contributed by atoms with Gasteiger partial charge in [-0.15, -0.1) is 0 Å². The molecule has 2 atom stereocenters. The van der Waals surface area contributed by atoms with E-state index in [1.54, 1.807) is 18.2 Å². The fraction of sp³-hybridized carbons (Fsp3) is 0.471. The van der Waals surface area contributed by atoms with Gasteiger partial charge in [-0.1, -0.05) is 12.1 Å². The Morgan fingerprint density at radius 1 is 1.41 bits per heavy atom. The third kappa shape index (κ3) is 3.67. The summed E-state index contributed by atoms with van der Waals surface area (Å²) in [6.07, 6.45) is -0.0113. The number of aromatic nitrogens is 1. The molecular formula is C17H22N4O5S. The van der Waals surface area contributed by atoms with E-state index in [0.29, 0.717) is 11.1 Å². The molecule has 146 valence electrons.